The summed E-state index contributed by atoms with van der Waals surface area (Å²) >= 11 is 5.97. The molecule has 0 aromatic heterocycles. The van der Waals surface area contributed by atoms with E-state index in [1.165, 1.54) is 0 Å². The lowest BCUT2D eigenvalue weighted by molar-refractivity contribution is 0.0200. The Morgan fingerprint density at radius 1 is 1.29 bits per heavy atom. The van der Waals surface area contributed by atoms with Gasteiger partial charge in [0, 0.05) is 38.3 Å². The Bertz CT molecular complexity index is 713. The van der Waals surface area contributed by atoms with E-state index in [0.29, 0.717) is 30.7 Å². The molecule has 160 valence electrons. The van der Waals surface area contributed by atoms with E-state index in [1.807, 2.05) is 24.3 Å². The van der Waals surface area contributed by atoms with Crippen LogP contribution in [0.5, 0.6) is 0 Å². The molecule has 1 aliphatic rings. The van der Waals surface area contributed by atoms with Crippen LogP contribution in [0.4, 0.5) is 0 Å². The molecule has 2 rings (SSSR count). The average molecular weight is 545 g/mol. The number of halogens is 2. The van der Waals surface area contributed by atoms with Crippen LogP contribution in [0.2, 0.25) is 5.02 Å². The summed E-state index contributed by atoms with van der Waals surface area (Å²) in [6, 6.07) is 7.69. The summed E-state index contributed by atoms with van der Waals surface area (Å²) in [5.74, 6) is 0.553. The van der Waals surface area contributed by atoms with Gasteiger partial charge in [0.15, 0.2) is 5.96 Å². The van der Waals surface area contributed by atoms with Crippen LogP contribution in [0.1, 0.15) is 24.8 Å². The number of nitrogens with one attached hydrogen (secondary N) is 3. The molecule has 0 bridgehead atoms. The highest BCUT2D eigenvalue weighted by Crippen LogP contribution is 2.12. The first kappa shape index (κ1) is 25.4. The summed E-state index contributed by atoms with van der Waals surface area (Å²) in [5.41, 5.74) is 1.13. The Kier molecular flexibility index (Phi) is 12.3. The predicted octanol–water partition coefficient (Wildman–Crippen LogP) is 2.15. The molecule has 1 aromatic carbocycles. The summed E-state index contributed by atoms with van der Waals surface area (Å²) < 4.78 is 32.4. The van der Waals surface area contributed by atoms with Gasteiger partial charge in [0.1, 0.15) is 0 Å². The Labute approximate surface area is 190 Å². The average Bonchev–Trinajstić information content (AvgIpc) is 2.66. The zero-order valence-corrected chi connectivity index (χ0v) is 20.0. The molecule has 0 radical (unpaired) electrons. The lowest BCUT2D eigenvalue weighted by atomic mass is 10.1. The Morgan fingerprint density at radius 3 is 2.75 bits per heavy atom. The number of benzene rings is 1. The molecule has 1 heterocycles. The van der Waals surface area contributed by atoms with Gasteiger partial charge < -0.3 is 15.4 Å². The van der Waals surface area contributed by atoms with Crippen molar-refractivity contribution in [1.29, 1.82) is 0 Å². The summed E-state index contributed by atoms with van der Waals surface area (Å²) in [7, 11) is -1.69. The number of hydrogen-bond donors (Lipinski definition) is 3. The molecule has 10 heteroatoms. The van der Waals surface area contributed by atoms with Crippen molar-refractivity contribution in [2.45, 2.75) is 31.8 Å². The summed E-state index contributed by atoms with van der Waals surface area (Å²) in [6.07, 6.45) is 3.83. The maximum absolute atomic E-state index is 12.1. The Hall–Kier alpha value is -0.620. The number of nitrogens with zero attached hydrogens (tertiary/aromatic N) is 1. The van der Waals surface area contributed by atoms with E-state index in [0.717, 1.165) is 31.2 Å². The number of hydrogen-bond acceptors (Lipinski definition) is 4. The second-order valence-corrected chi connectivity index (χ2v) is 8.82. The van der Waals surface area contributed by atoms with Crippen molar-refractivity contribution >= 4 is 51.6 Å². The lowest BCUT2D eigenvalue weighted by Gasteiger charge is -2.22. The molecular weight excluding hydrogens is 515 g/mol. The Morgan fingerprint density at radius 2 is 2.07 bits per heavy atom. The molecule has 28 heavy (non-hydrogen) atoms. The minimum absolute atomic E-state index is 0. The van der Waals surface area contributed by atoms with Gasteiger partial charge >= 0.3 is 0 Å². The molecule has 0 spiro atoms. The molecule has 1 atom stereocenters. The number of ether oxygens (including phenoxy) is 1. The number of rotatable bonds is 9. The van der Waals surface area contributed by atoms with Crippen LogP contribution in [-0.2, 0) is 21.2 Å². The fraction of sp³-hybridized carbons (Fsp3) is 0.611. The summed E-state index contributed by atoms with van der Waals surface area (Å²) in [5, 5.41) is 6.91. The third-order valence-corrected chi connectivity index (χ3v) is 5.87. The van der Waals surface area contributed by atoms with E-state index < -0.39 is 10.0 Å². The molecule has 0 saturated carbocycles. The van der Waals surface area contributed by atoms with Gasteiger partial charge in [-0.25, -0.2) is 13.1 Å². The van der Waals surface area contributed by atoms with E-state index in [1.54, 1.807) is 7.05 Å². The smallest absolute Gasteiger partial charge is 0.213 e. The highest BCUT2D eigenvalue weighted by molar-refractivity contribution is 14.0. The van der Waals surface area contributed by atoms with E-state index in [9.17, 15) is 8.42 Å². The van der Waals surface area contributed by atoms with Crippen molar-refractivity contribution in [2.75, 3.05) is 39.0 Å². The quantitative estimate of drug-likeness (QED) is 0.252. The molecule has 1 unspecified atom stereocenters. The number of sulfonamides is 1. The van der Waals surface area contributed by atoms with Gasteiger partial charge in [0.25, 0.3) is 0 Å². The topological polar surface area (TPSA) is 91.8 Å². The van der Waals surface area contributed by atoms with Gasteiger partial charge in [0.05, 0.1) is 11.9 Å². The van der Waals surface area contributed by atoms with Crippen LogP contribution in [0, 0.1) is 0 Å². The Balaban J connectivity index is 0.00000392. The fourth-order valence-corrected chi connectivity index (χ4v) is 3.97. The largest absolute Gasteiger partial charge is 0.377 e. The normalized spacial score (nSPS) is 17.6. The maximum atomic E-state index is 12.1. The van der Waals surface area contributed by atoms with Crippen LogP contribution in [-0.4, -0.2) is 59.5 Å². The van der Waals surface area contributed by atoms with Crippen LogP contribution in [0.25, 0.3) is 0 Å². The summed E-state index contributed by atoms with van der Waals surface area (Å²) in [6.45, 7) is 2.00. The monoisotopic (exact) mass is 544 g/mol. The van der Waals surface area contributed by atoms with Crippen LogP contribution >= 0.6 is 35.6 Å². The number of guanidine groups is 1. The first-order valence-corrected chi connectivity index (χ1v) is 11.3. The third-order valence-electron chi connectivity index (χ3n) is 4.29. The first-order chi connectivity index (χ1) is 13.0. The van der Waals surface area contributed by atoms with Crippen molar-refractivity contribution in [3.05, 3.63) is 34.9 Å². The lowest BCUT2D eigenvalue weighted by Crippen LogP contribution is -2.43. The van der Waals surface area contributed by atoms with Crippen molar-refractivity contribution in [3.8, 4) is 0 Å². The van der Waals surface area contributed by atoms with E-state index in [4.69, 9.17) is 16.3 Å². The minimum atomic E-state index is -3.34. The van der Waals surface area contributed by atoms with Crippen LogP contribution in [0.3, 0.4) is 0 Å². The SMILES string of the molecule is CN=C(NCCc1cccc(Cl)c1)NCCS(=O)(=O)NCC1CCCCO1.I. The molecule has 7 nitrogen and oxygen atoms in total. The second kappa shape index (κ2) is 13.6. The van der Waals surface area contributed by atoms with Gasteiger partial charge in [-0.3, -0.25) is 4.99 Å². The van der Waals surface area contributed by atoms with Crippen molar-refractivity contribution < 1.29 is 13.2 Å². The molecule has 0 aliphatic carbocycles. The molecular formula is C18H30ClIN4O3S. The standard InChI is InChI=1S/C18H29ClN4O3S.HI/c1-20-18(21-9-8-15-5-4-6-16(19)13-15)22-10-12-27(24,25)23-14-17-7-2-3-11-26-17;/h4-6,13,17,23H,2-3,7-12,14H2,1H3,(H2,20,21,22);1H. The zero-order chi connectivity index (χ0) is 19.5. The van der Waals surface area contributed by atoms with Crippen molar-refractivity contribution in [2.24, 2.45) is 4.99 Å². The van der Waals surface area contributed by atoms with Crippen molar-refractivity contribution in [1.82, 2.24) is 15.4 Å². The maximum Gasteiger partial charge on any atom is 0.213 e. The fourth-order valence-electron chi connectivity index (χ4n) is 2.80. The molecule has 1 aromatic rings. The number of aliphatic imine (C=N–C) groups is 1. The minimum Gasteiger partial charge on any atom is -0.377 e. The highest BCUT2D eigenvalue weighted by Gasteiger charge is 2.17. The molecule has 3 N–H and O–H groups in total. The predicted molar refractivity (Wildman–Crippen MR) is 125 cm³/mol. The van der Waals surface area contributed by atoms with Gasteiger partial charge in [-0.05, 0) is 43.4 Å². The highest BCUT2D eigenvalue weighted by atomic mass is 127. The molecule has 0 amide bonds. The van der Waals surface area contributed by atoms with E-state index >= 15 is 0 Å². The molecule has 1 fully saturated rings. The van der Waals surface area contributed by atoms with Gasteiger partial charge in [-0.1, -0.05) is 23.7 Å². The molecule has 1 saturated heterocycles. The van der Waals surface area contributed by atoms with Crippen LogP contribution in [0.15, 0.2) is 29.3 Å². The van der Waals surface area contributed by atoms with Crippen molar-refractivity contribution in [3.63, 3.8) is 0 Å². The molecule has 1 aliphatic heterocycles. The first-order valence-electron chi connectivity index (χ1n) is 9.26. The third kappa shape index (κ3) is 10.2. The van der Waals surface area contributed by atoms with E-state index in [2.05, 4.69) is 20.3 Å². The zero-order valence-electron chi connectivity index (χ0n) is 16.1. The second-order valence-electron chi connectivity index (χ2n) is 6.46. The van der Waals surface area contributed by atoms with Crippen LogP contribution < -0.4 is 15.4 Å². The van der Waals surface area contributed by atoms with Gasteiger partial charge in [-0.2, -0.15) is 0 Å². The van der Waals surface area contributed by atoms with E-state index in [-0.39, 0.29) is 42.4 Å². The van der Waals surface area contributed by atoms with Gasteiger partial charge in [0.2, 0.25) is 10.0 Å². The summed E-state index contributed by atoms with van der Waals surface area (Å²) in [4.78, 5) is 4.11. The van der Waals surface area contributed by atoms with Gasteiger partial charge in [-0.15, -0.1) is 24.0 Å².